The number of carbonyl (C=O) groups is 2. The Morgan fingerprint density at radius 2 is 1.73 bits per heavy atom. The van der Waals surface area contributed by atoms with Crippen molar-refractivity contribution in [3.63, 3.8) is 0 Å². The van der Waals surface area contributed by atoms with Crippen LogP contribution < -0.4 is 10.6 Å². The average Bonchev–Trinajstić information content (AvgIpc) is 3.18. The Labute approximate surface area is 175 Å². The highest BCUT2D eigenvalue weighted by molar-refractivity contribution is 5.95. The van der Waals surface area contributed by atoms with Crippen molar-refractivity contribution < 1.29 is 14.0 Å². The van der Waals surface area contributed by atoms with E-state index in [1.54, 1.807) is 23.7 Å². The van der Waals surface area contributed by atoms with Crippen LogP contribution in [-0.2, 0) is 11.2 Å². The average molecular weight is 408 g/mol. The van der Waals surface area contributed by atoms with Crippen LogP contribution in [-0.4, -0.2) is 21.6 Å². The molecule has 0 aliphatic rings. The SMILES string of the molecule is CCC(=O)Nc1ccc(C(C)NC(=O)c2cnn(-c3ccc(F)cc3)c2CC)cc1. The molecule has 7 heteroatoms. The van der Waals surface area contributed by atoms with Crippen molar-refractivity contribution in [3.8, 4) is 5.69 Å². The molecule has 3 aromatic rings. The smallest absolute Gasteiger partial charge is 0.255 e. The summed E-state index contributed by atoms with van der Waals surface area (Å²) >= 11 is 0. The van der Waals surface area contributed by atoms with Crippen LogP contribution in [0.4, 0.5) is 10.1 Å². The Morgan fingerprint density at radius 1 is 1.07 bits per heavy atom. The second-order valence-electron chi connectivity index (χ2n) is 6.97. The third-order valence-electron chi connectivity index (χ3n) is 4.88. The zero-order valence-corrected chi connectivity index (χ0v) is 17.3. The molecule has 0 radical (unpaired) electrons. The van der Waals surface area contributed by atoms with Crippen LogP contribution in [0.3, 0.4) is 0 Å². The van der Waals surface area contributed by atoms with Gasteiger partial charge in [0.1, 0.15) is 5.82 Å². The number of hydrogen-bond acceptors (Lipinski definition) is 3. The summed E-state index contributed by atoms with van der Waals surface area (Å²) in [6.07, 6.45) is 2.55. The van der Waals surface area contributed by atoms with E-state index in [9.17, 15) is 14.0 Å². The molecule has 0 aliphatic carbocycles. The lowest BCUT2D eigenvalue weighted by Crippen LogP contribution is -2.27. The van der Waals surface area contributed by atoms with Gasteiger partial charge in [0, 0.05) is 12.1 Å². The van der Waals surface area contributed by atoms with Gasteiger partial charge in [0.2, 0.25) is 5.91 Å². The lowest BCUT2D eigenvalue weighted by atomic mass is 10.1. The molecule has 0 aliphatic heterocycles. The molecule has 0 bridgehead atoms. The van der Waals surface area contributed by atoms with Crippen LogP contribution in [0.5, 0.6) is 0 Å². The molecule has 0 saturated carbocycles. The number of aromatic nitrogens is 2. The molecule has 2 N–H and O–H groups in total. The maximum Gasteiger partial charge on any atom is 0.255 e. The minimum Gasteiger partial charge on any atom is -0.345 e. The van der Waals surface area contributed by atoms with Crippen LogP contribution >= 0.6 is 0 Å². The monoisotopic (exact) mass is 408 g/mol. The zero-order valence-electron chi connectivity index (χ0n) is 17.3. The van der Waals surface area contributed by atoms with Crippen LogP contribution in [0.15, 0.2) is 54.7 Å². The van der Waals surface area contributed by atoms with Gasteiger partial charge in [0.15, 0.2) is 0 Å². The van der Waals surface area contributed by atoms with Crippen LogP contribution in [0.2, 0.25) is 0 Å². The van der Waals surface area contributed by atoms with E-state index in [-0.39, 0.29) is 23.7 Å². The number of carbonyl (C=O) groups excluding carboxylic acids is 2. The molecule has 0 spiro atoms. The Bertz CT molecular complexity index is 1030. The highest BCUT2D eigenvalue weighted by Gasteiger charge is 2.19. The van der Waals surface area contributed by atoms with Gasteiger partial charge in [0.05, 0.1) is 29.2 Å². The van der Waals surface area contributed by atoms with E-state index in [1.165, 1.54) is 18.3 Å². The number of nitrogens with one attached hydrogen (secondary N) is 2. The second-order valence-corrected chi connectivity index (χ2v) is 6.97. The van der Waals surface area contributed by atoms with Gasteiger partial charge in [-0.2, -0.15) is 5.10 Å². The first-order valence-corrected chi connectivity index (χ1v) is 9.96. The first-order chi connectivity index (χ1) is 14.4. The predicted octanol–water partition coefficient (Wildman–Crippen LogP) is 4.41. The van der Waals surface area contributed by atoms with Crippen molar-refractivity contribution in [2.45, 2.75) is 39.7 Å². The summed E-state index contributed by atoms with van der Waals surface area (Å²) in [4.78, 5) is 24.4. The normalized spacial score (nSPS) is 11.7. The number of halogens is 1. The maximum absolute atomic E-state index is 13.2. The molecule has 3 rings (SSSR count). The molecule has 2 amide bonds. The Balaban J connectivity index is 1.74. The lowest BCUT2D eigenvalue weighted by molar-refractivity contribution is -0.115. The molecular formula is C23H25FN4O2. The second kappa shape index (κ2) is 9.35. The van der Waals surface area contributed by atoms with Crippen molar-refractivity contribution in [3.05, 3.63) is 77.4 Å². The van der Waals surface area contributed by atoms with Gasteiger partial charge in [-0.1, -0.05) is 26.0 Å². The summed E-state index contributed by atoms with van der Waals surface area (Å²) in [5, 5.41) is 10.1. The molecule has 1 heterocycles. The zero-order chi connectivity index (χ0) is 21.7. The first kappa shape index (κ1) is 21.2. The third kappa shape index (κ3) is 4.74. The minimum atomic E-state index is -0.323. The highest BCUT2D eigenvalue weighted by Crippen LogP contribution is 2.20. The summed E-state index contributed by atoms with van der Waals surface area (Å²) in [5.41, 5.74) is 3.58. The molecule has 1 atom stereocenters. The van der Waals surface area contributed by atoms with Crippen molar-refractivity contribution in [2.24, 2.45) is 0 Å². The van der Waals surface area contributed by atoms with Gasteiger partial charge in [-0.25, -0.2) is 9.07 Å². The number of benzene rings is 2. The summed E-state index contributed by atoms with van der Waals surface area (Å²) in [7, 11) is 0. The van der Waals surface area contributed by atoms with E-state index in [4.69, 9.17) is 0 Å². The molecule has 1 aromatic heterocycles. The molecule has 2 aromatic carbocycles. The molecule has 156 valence electrons. The number of rotatable bonds is 7. The van der Waals surface area contributed by atoms with Gasteiger partial charge in [-0.3, -0.25) is 9.59 Å². The highest BCUT2D eigenvalue weighted by atomic mass is 19.1. The van der Waals surface area contributed by atoms with E-state index < -0.39 is 0 Å². The van der Waals surface area contributed by atoms with Crippen molar-refractivity contribution in [2.75, 3.05) is 5.32 Å². The lowest BCUT2D eigenvalue weighted by Gasteiger charge is -2.15. The number of hydrogen-bond donors (Lipinski definition) is 2. The third-order valence-corrected chi connectivity index (χ3v) is 4.88. The number of amides is 2. The largest absolute Gasteiger partial charge is 0.345 e. The Kier molecular flexibility index (Phi) is 6.61. The summed E-state index contributed by atoms with van der Waals surface area (Å²) in [6.45, 7) is 5.64. The Morgan fingerprint density at radius 3 is 2.33 bits per heavy atom. The van der Waals surface area contributed by atoms with Crippen molar-refractivity contribution in [1.82, 2.24) is 15.1 Å². The van der Waals surface area contributed by atoms with Gasteiger partial charge in [-0.05, 0) is 55.3 Å². The van der Waals surface area contributed by atoms with E-state index in [2.05, 4.69) is 15.7 Å². The van der Waals surface area contributed by atoms with Crippen LogP contribution in [0.1, 0.15) is 54.8 Å². The number of nitrogens with zero attached hydrogens (tertiary/aromatic N) is 2. The molecular weight excluding hydrogens is 383 g/mol. The molecule has 0 saturated heterocycles. The molecule has 0 fully saturated rings. The fourth-order valence-corrected chi connectivity index (χ4v) is 3.17. The van der Waals surface area contributed by atoms with E-state index >= 15 is 0 Å². The first-order valence-electron chi connectivity index (χ1n) is 9.96. The van der Waals surface area contributed by atoms with Gasteiger partial charge in [0.25, 0.3) is 5.91 Å². The van der Waals surface area contributed by atoms with Crippen LogP contribution in [0.25, 0.3) is 5.69 Å². The summed E-state index contributed by atoms with van der Waals surface area (Å²) < 4.78 is 14.9. The van der Waals surface area contributed by atoms with E-state index in [0.29, 0.717) is 24.1 Å². The summed E-state index contributed by atoms with van der Waals surface area (Å²) in [5.74, 6) is -0.596. The number of anilines is 1. The Hall–Kier alpha value is -3.48. The maximum atomic E-state index is 13.2. The fourth-order valence-electron chi connectivity index (χ4n) is 3.17. The van der Waals surface area contributed by atoms with E-state index in [1.807, 2.05) is 38.1 Å². The molecule has 6 nitrogen and oxygen atoms in total. The molecule has 1 unspecified atom stereocenters. The quantitative estimate of drug-likeness (QED) is 0.608. The van der Waals surface area contributed by atoms with Crippen molar-refractivity contribution >= 4 is 17.5 Å². The van der Waals surface area contributed by atoms with Gasteiger partial charge in [-0.15, -0.1) is 0 Å². The summed E-state index contributed by atoms with van der Waals surface area (Å²) in [6, 6.07) is 13.1. The topological polar surface area (TPSA) is 76.0 Å². The van der Waals surface area contributed by atoms with Crippen LogP contribution in [0, 0.1) is 5.82 Å². The standard InChI is InChI=1S/C23H25FN4O2/c1-4-21-20(14-25-28(21)19-12-8-17(24)9-13-19)23(30)26-15(3)16-6-10-18(11-7-16)27-22(29)5-2/h6-15H,4-5H2,1-3H3,(H,26,30)(H,27,29). The minimum absolute atomic E-state index is 0.0469. The van der Waals surface area contributed by atoms with E-state index in [0.717, 1.165) is 16.9 Å². The van der Waals surface area contributed by atoms with Gasteiger partial charge >= 0.3 is 0 Å². The van der Waals surface area contributed by atoms with Crippen molar-refractivity contribution in [1.29, 1.82) is 0 Å². The molecule has 30 heavy (non-hydrogen) atoms. The van der Waals surface area contributed by atoms with Gasteiger partial charge < -0.3 is 10.6 Å². The predicted molar refractivity (Wildman–Crippen MR) is 114 cm³/mol. The fraction of sp³-hybridized carbons (Fsp3) is 0.261.